The van der Waals surface area contributed by atoms with Crippen molar-refractivity contribution in [2.75, 3.05) is 32.5 Å². The minimum Gasteiger partial charge on any atom is -0.332 e. The third kappa shape index (κ3) is 6.20. The Balaban J connectivity index is 1.87. The topological polar surface area (TPSA) is 53.9 Å². The number of nitrogens with zero attached hydrogens (tertiary/aromatic N) is 1. The van der Waals surface area contributed by atoms with Crippen LogP contribution in [0, 0.1) is 5.82 Å². The molecule has 0 heterocycles. The number of quaternary nitrogens is 1. The van der Waals surface area contributed by atoms with Gasteiger partial charge in [-0.15, -0.1) is 0 Å². The monoisotopic (exact) mass is 412 g/mol. The molecule has 1 atom stereocenters. The minimum absolute atomic E-state index is 0.0978. The van der Waals surface area contributed by atoms with Crippen molar-refractivity contribution in [3.63, 3.8) is 0 Å². The van der Waals surface area contributed by atoms with Crippen molar-refractivity contribution >= 4 is 40.7 Å². The van der Waals surface area contributed by atoms with Crippen LogP contribution in [0.25, 0.3) is 0 Å². The van der Waals surface area contributed by atoms with Crippen LogP contribution in [0.1, 0.15) is 5.56 Å². The van der Waals surface area contributed by atoms with Gasteiger partial charge in [-0.25, -0.2) is 4.39 Å². The van der Waals surface area contributed by atoms with Gasteiger partial charge in [-0.05, 0) is 24.3 Å². The predicted molar refractivity (Wildman–Crippen MR) is 105 cm³/mol. The third-order valence-electron chi connectivity index (χ3n) is 3.95. The first kappa shape index (κ1) is 21.2. The van der Waals surface area contributed by atoms with Gasteiger partial charge in [0.25, 0.3) is 5.91 Å². The lowest BCUT2D eigenvalue weighted by Gasteiger charge is -2.20. The van der Waals surface area contributed by atoms with Crippen LogP contribution in [0.5, 0.6) is 0 Å². The molecule has 1 unspecified atom stereocenters. The molecule has 0 radical (unpaired) electrons. The molecule has 0 saturated heterocycles. The summed E-state index contributed by atoms with van der Waals surface area (Å²) in [6.45, 7) is 0.245. The molecule has 0 spiro atoms. The van der Waals surface area contributed by atoms with Gasteiger partial charge in [0.2, 0.25) is 5.91 Å². The summed E-state index contributed by atoms with van der Waals surface area (Å²) in [7, 11) is 3.30. The Morgan fingerprint density at radius 1 is 1.11 bits per heavy atom. The van der Waals surface area contributed by atoms with Crippen molar-refractivity contribution in [1.29, 1.82) is 0 Å². The van der Waals surface area contributed by atoms with Crippen molar-refractivity contribution in [3.8, 4) is 0 Å². The van der Waals surface area contributed by atoms with Crippen LogP contribution in [-0.4, -0.2) is 43.9 Å². The minimum atomic E-state index is -0.401. The predicted octanol–water partition coefficient (Wildman–Crippen LogP) is 2.24. The van der Waals surface area contributed by atoms with E-state index >= 15 is 0 Å². The summed E-state index contributed by atoms with van der Waals surface area (Å²) in [5.41, 5.74) is 0.852. The Labute approximate surface area is 167 Å². The normalized spacial score (nSPS) is 11.7. The summed E-state index contributed by atoms with van der Waals surface area (Å²) in [6, 6.07) is 11.3. The molecule has 0 aliphatic carbocycles. The van der Waals surface area contributed by atoms with Gasteiger partial charge in [0.15, 0.2) is 6.54 Å². The van der Waals surface area contributed by atoms with Crippen LogP contribution in [-0.2, 0) is 16.1 Å². The molecule has 0 bridgehead atoms. The average molecular weight is 413 g/mol. The lowest BCUT2D eigenvalue weighted by molar-refractivity contribution is -0.885. The zero-order chi connectivity index (χ0) is 20.0. The van der Waals surface area contributed by atoms with E-state index < -0.39 is 5.82 Å². The van der Waals surface area contributed by atoms with E-state index in [0.29, 0.717) is 21.3 Å². The number of rotatable bonds is 7. The van der Waals surface area contributed by atoms with Crippen molar-refractivity contribution in [1.82, 2.24) is 4.90 Å². The molecule has 2 N–H and O–H groups in total. The maximum Gasteiger partial charge on any atom is 0.277 e. The number of amides is 2. The molecular formula is C19H21Cl2FN3O2+. The summed E-state index contributed by atoms with van der Waals surface area (Å²) in [5.74, 6) is -0.996. The molecule has 27 heavy (non-hydrogen) atoms. The number of nitrogens with one attached hydrogen (secondary N) is 2. The van der Waals surface area contributed by atoms with E-state index in [2.05, 4.69) is 5.32 Å². The lowest BCUT2D eigenvalue weighted by atomic mass is 10.2. The van der Waals surface area contributed by atoms with E-state index in [1.54, 1.807) is 37.4 Å². The van der Waals surface area contributed by atoms with E-state index in [1.807, 2.05) is 0 Å². The van der Waals surface area contributed by atoms with Crippen LogP contribution < -0.4 is 10.2 Å². The molecule has 8 heteroatoms. The van der Waals surface area contributed by atoms with E-state index in [-0.39, 0.29) is 31.4 Å². The van der Waals surface area contributed by atoms with E-state index in [1.165, 1.54) is 24.1 Å². The van der Waals surface area contributed by atoms with Crippen LogP contribution >= 0.6 is 23.2 Å². The van der Waals surface area contributed by atoms with E-state index in [0.717, 1.165) is 4.90 Å². The molecule has 5 nitrogen and oxygen atoms in total. The standard InChI is InChI=1S/C19H20Cl2FN3O2/c1-24(10-13-14(20)7-5-8-16(13)22)12-19(27)25(2)11-18(26)23-17-9-4-3-6-15(17)21/h3-9H,10-12H2,1-2H3,(H,23,26)/p+1. The van der Waals surface area contributed by atoms with E-state index in [4.69, 9.17) is 23.2 Å². The van der Waals surface area contributed by atoms with Crippen molar-refractivity contribution < 1.29 is 18.9 Å². The summed E-state index contributed by atoms with van der Waals surface area (Å²) >= 11 is 12.0. The Kier molecular flexibility index (Phi) is 7.59. The van der Waals surface area contributed by atoms with Gasteiger partial charge in [0.05, 0.1) is 34.9 Å². The molecule has 0 fully saturated rings. The van der Waals surface area contributed by atoms with Gasteiger partial charge in [-0.3, -0.25) is 9.59 Å². The molecule has 2 rings (SSSR count). The number of likely N-dealkylation sites (N-methyl/N-ethyl adjacent to an activating group) is 2. The molecule has 144 valence electrons. The number of carbonyl (C=O) groups excluding carboxylic acids is 2. The SMILES string of the molecule is CN(CC(=O)Nc1ccccc1Cl)C(=O)C[NH+](C)Cc1c(F)cccc1Cl. The molecule has 0 aliphatic heterocycles. The first-order chi connectivity index (χ1) is 12.8. The highest BCUT2D eigenvalue weighted by atomic mass is 35.5. The number of anilines is 1. The fraction of sp³-hybridized carbons (Fsp3) is 0.263. The highest BCUT2D eigenvalue weighted by Crippen LogP contribution is 2.20. The van der Waals surface area contributed by atoms with Gasteiger partial charge in [0.1, 0.15) is 12.4 Å². The number of hydrogen-bond donors (Lipinski definition) is 2. The summed E-state index contributed by atoms with van der Waals surface area (Å²) in [5, 5.41) is 3.42. The molecule has 0 aliphatic rings. The summed E-state index contributed by atoms with van der Waals surface area (Å²) < 4.78 is 13.9. The Bertz CT molecular complexity index is 812. The molecular weight excluding hydrogens is 392 g/mol. The highest BCUT2D eigenvalue weighted by Gasteiger charge is 2.19. The zero-order valence-corrected chi connectivity index (χ0v) is 16.6. The van der Waals surface area contributed by atoms with Crippen molar-refractivity contribution in [2.45, 2.75) is 6.54 Å². The Morgan fingerprint density at radius 2 is 1.78 bits per heavy atom. The fourth-order valence-electron chi connectivity index (χ4n) is 2.51. The maximum atomic E-state index is 13.9. The van der Waals surface area contributed by atoms with Crippen LogP contribution in [0.3, 0.4) is 0 Å². The van der Waals surface area contributed by atoms with Gasteiger partial charge >= 0.3 is 0 Å². The summed E-state index contributed by atoms with van der Waals surface area (Å²) in [6.07, 6.45) is 0. The Morgan fingerprint density at radius 3 is 2.44 bits per heavy atom. The third-order valence-corrected chi connectivity index (χ3v) is 4.63. The van der Waals surface area contributed by atoms with Crippen LogP contribution in [0.15, 0.2) is 42.5 Å². The van der Waals surface area contributed by atoms with Gasteiger partial charge in [-0.1, -0.05) is 41.4 Å². The maximum absolute atomic E-state index is 13.9. The number of halogens is 3. The zero-order valence-electron chi connectivity index (χ0n) is 15.1. The Hall–Kier alpha value is -2.15. The fourth-order valence-corrected chi connectivity index (χ4v) is 2.93. The second-order valence-corrected chi connectivity index (χ2v) is 7.10. The van der Waals surface area contributed by atoms with Crippen LogP contribution in [0.2, 0.25) is 10.0 Å². The van der Waals surface area contributed by atoms with Crippen molar-refractivity contribution in [2.24, 2.45) is 0 Å². The number of benzene rings is 2. The second-order valence-electron chi connectivity index (χ2n) is 6.29. The second kappa shape index (κ2) is 9.69. The van der Waals surface area contributed by atoms with Gasteiger partial charge in [-0.2, -0.15) is 0 Å². The molecule has 2 amide bonds. The first-order valence-electron chi connectivity index (χ1n) is 8.30. The molecule has 2 aromatic rings. The summed E-state index contributed by atoms with van der Waals surface area (Å²) in [4.78, 5) is 26.5. The first-order valence-corrected chi connectivity index (χ1v) is 9.06. The quantitative estimate of drug-likeness (QED) is 0.732. The van der Waals surface area contributed by atoms with E-state index in [9.17, 15) is 14.0 Å². The smallest absolute Gasteiger partial charge is 0.277 e. The lowest BCUT2D eigenvalue weighted by Crippen LogP contribution is -3.09. The van der Waals surface area contributed by atoms with Gasteiger partial charge in [0, 0.05) is 7.05 Å². The molecule has 0 saturated carbocycles. The molecule has 0 aromatic heterocycles. The van der Waals surface area contributed by atoms with Gasteiger partial charge < -0.3 is 15.1 Å². The highest BCUT2D eigenvalue weighted by molar-refractivity contribution is 6.33. The molecule has 2 aromatic carbocycles. The number of hydrogen-bond acceptors (Lipinski definition) is 2. The van der Waals surface area contributed by atoms with Crippen LogP contribution in [0.4, 0.5) is 10.1 Å². The largest absolute Gasteiger partial charge is 0.332 e. The number of carbonyl (C=O) groups is 2. The average Bonchev–Trinajstić information content (AvgIpc) is 2.60. The number of para-hydroxylation sites is 1. The van der Waals surface area contributed by atoms with Crippen molar-refractivity contribution in [3.05, 3.63) is 63.9 Å².